The van der Waals surface area contributed by atoms with Crippen molar-refractivity contribution in [3.05, 3.63) is 42.2 Å². The topological polar surface area (TPSA) is 167 Å². The number of hydrogen-bond acceptors (Lipinski definition) is 13. The lowest BCUT2D eigenvalue weighted by Crippen LogP contribution is -2.61. The van der Waals surface area contributed by atoms with Gasteiger partial charge in [0.2, 0.25) is 0 Å². The number of aliphatic hydroxyl groups is 1. The number of Topliss-reactive ketones (excluding diaryl/α,β-unsaturated/α-hetero) is 2. The van der Waals surface area contributed by atoms with Crippen LogP contribution >= 0.6 is 0 Å². The molecule has 2 aromatic rings. The monoisotopic (exact) mass is 825 g/mol. The van der Waals surface area contributed by atoms with Gasteiger partial charge in [-0.3, -0.25) is 14.4 Å². The quantitative estimate of drug-likeness (QED) is 0.145. The van der Waals surface area contributed by atoms with Crippen LogP contribution < -0.4 is 0 Å². The smallest absolute Gasteiger partial charge is 0.410 e. The molecular weight excluding hydrogens is 759 g/mol. The van der Waals surface area contributed by atoms with Crippen LogP contribution in [-0.2, 0) is 44.5 Å². The molecule has 0 unspecified atom stereocenters. The van der Waals surface area contributed by atoms with Crippen LogP contribution in [-0.4, -0.2) is 125 Å². The molecule has 13 atom stereocenters. The fraction of sp³-hybridized carbons (Fsp3) is 0.711. The van der Waals surface area contributed by atoms with Crippen LogP contribution in [0.5, 0.6) is 0 Å². The Morgan fingerprint density at radius 1 is 0.983 bits per heavy atom. The van der Waals surface area contributed by atoms with Crippen molar-refractivity contribution < 1.29 is 52.5 Å². The number of nitrogens with zero attached hydrogens (tertiary/aromatic N) is 3. The van der Waals surface area contributed by atoms with E-state index in [1.165, 1.54) is 14.0 Å². The highest BCUT2D eigenvalue weighted by Crippen LogP contribution is 2.45. The zero-order valence-corrected chi connectivity index (χ0v) is 36.8. The minimum atomic E-state index is -1.37. The first kappa shape index (κ1) is 46.4. The van der Waals surface area contributed by atoms with E-state index in [1.807, 2.05) is 90.0 Å². The first-order chi connectivity index (χ1) is 27.9. The van der Waals surface area contributed by atoms with Crippen molar-refractivity contribution in [1.29, 1.82) is 0 Å². The van der Waals surface area contributed by atoms with Crippen LogP contribution in [0.4, 0.5) is 4.79 Å². The molecule has 1 N–H and O–H groups in total. The molecule has 3 aliphatic rings. The number of fused-ring (bicyclic) bond motifs is 1. The van der Waals surface area contributed by atoms with Crippen LogP contribution in [0, 0.1) is 23.7 Å². The summed E-state index contributed by atoms with van der Waals surface area (Å²) < 4.78 is 37.1. The second-order valence-corrected chi connectivity index (χ2v) is 17.5. The second-order valence-electron chi connectivity index (χ2n) is 17.5. The van der Waals surface area contributed by atoms with Gasteiger partial charge in [0.15, 0.2) is 17.7 Å². The Hall–Kier alpha value is -3.69. The summed E-state index contributed by atoms with van der Waals surface area (Å²) in [5, 5.41) is 15.7. The largest absolute Gasteiger partial charge is 0.457 e. The maximum absolute atomic E-state index is 14.8. The fourth-order valence-electron chi connectivity index (χ4n) is 9.75. The molecule has 1 amide bonds. The molecule has 0 bridgehead atoms. The van der Waals surface area contributed by atoms with Gasteiger partial charge in [-0.05, 0) is 73.4 Å². The number of amides is 1. The van der Waals surface area contributed by atoms with E-state index in [4.69, 9.17) is 28.2 Å². The number of likely N-dealkylation sites (N-methyl/N-ethyl adjacent to an activating group) is 1. The number of benzene rings is 1. The zero-order valence-electron chi connectivity index (χ0n) is 36.8. The molecule has 14 heteroatoms. The Morgan fingerprint density at radius 3 is 2.31 bits per heavy atom. The van der Waals surface area contributed by atoms with Gasteiger partial charge in [0.25, 0.3) is 0 Å². The van der Waals surface area contributed by atoms with E-state index >= 15 is 0 Å². The molecule has 0 spiro atoms. The van der Waals surface area contributed by atoms with Crippen LogP contribution in [0.1, 0.15) is 99.7 Å². The molecule has 328 valence electrons. The van der Waals surface area contributed by atoms with Gasteiger partial charge in [-0.25, -0.2) is 4.79 Å². The van der Waals surface area contributed by atoms with Gasteiger partial charge in [0.05, 0.1) is 23.9 Å². The van der Waals surface area contributed by atoms with Gasteiger partial charge in [-0.2, -0.15) is 0 Å². The molecule has 5 rings (SSSR count). The van der Waals surface area contributed by atoms with Crippen LogP contribution in [0.15, 0.2) is 40.9 Å². The molecule has 3 aliphatic heterocycles. The normalized spacial score (nSPS) is 36.3. The Labute approximate surface area is 349 Å². The lowest BCUT2D eigenvalue weighted by atomic mass is 9.72. The van der Waals surface area contributed by atoms with Crippen molar-refractivity contribution >= 4 is 23.6 Å². The number of aliphatic hydroxyl groups excluding tert-OH is 1. The minimum Gasteiger partial charge on any atom is -0.457 e. The Kier molecular flexibility index (Phi) is 15.2. The Balaban J connectivity index is 1.46. The second kappa shape index (κ2) is 19.4. The van der Waals surface area contributed by atoms with Crippen molar-refractivity contribution in [2.75, 3.05) is 27.7 Å². The Bertz CT molecular complexity index is 1750. The minimum absolute atomic E-state index is 0.128. The summed E-state index contributed by atoms with van der Waals surface area (Å²) in [5.41, 5.74) is -0.934. The number of carbonyl (C=O) groups excluding carboxylic acids is 4. The number of rotatable bonds is 12. The van der Waals surface area contributed by atoms with Gasteiger partial charge >= 0.3 is 12.1 Å². The van der Waals surface area contributed by atoms with Gasteiger partial charge < -0.3 is 43.1 Å². The first-order valence-electron chi connectivity index (χ1n) is 21.4. The maximum atomic E-state index is 14.8. The molecule has 0 aliphatic carbocycles. The van der Waals surface area contributed by atoms with Gasteiger partial charge in [-0.15, -0.1) is 0 Å². The van der Waals surface area contributed by atoms with Crippen molar-refractivity contribution in [3.63, 3.8) is 0 Å². The molecule has 59 heavy (non-hydrogen) atoms. The highest BCUT2D eigenvalue weighted by Gasteiger charge is 2.62. The van der Waals surface area contributed by atoms with E-state index in [1.54, 1.807) is 18.7 Å². The third-order valence-corrected chi connectivity index (χ3v) is 13.2. The number of cyclic esters (lactones) is 1. The number of unbranched alkanes of at least 4 members (excludes halogenated alkanes) is 1. The van der Waals surface area contributed by atoms with Crippen molar-refractivity contribution in [1.82, 2.24) is 15.0 Å². The van der Waals surface area contributed by atoms with E-state index in [9.17, 15) is 24.3 Å². The average Bonchev–Trinajstić information content (AvgIpc) is 3.82. The van der Waals surface area contributed by atoms with E-state index in [0.29, 0.717) is 25.7 Å². The maximum Gasteiger partial charge on any atom is 0.410 e. The number of aryl methyl sites for hydroxylation is 1. The number of ether oxygens (including phenoxy) is 5. The highest BCUT2D eigenvalue weighted by molar-refractivity contribution is 6.00. The number of esters is 1. The molecule has 0 radical (unpaired) electrons. The SMILES string of the molecule is CC[C@H]1OC(=O)[C@H](C)C(=O)[C@H](C)[C@@H](O[C@@H]2O[C@H](C)C[C@H](N(C)C)[C@H]2O)[C@](C)(OC)C[C@@H](C)C(=O)[C@H](C)[C@H]2N(CCCCc3cc(-c4ccccc4)no3)C(=O)O[C@]12CC. The van der Waals surface area contributed by atoms with E-state index in [-0.39, 0.29) is 43.7 Å². The molecule has 4 heterocycles. The predicted octanol–water partition coefficient (Wildman–Crippen LogP) is 6.26. The number of ketones is 2. The van der Waals surface area contributed by atoms with E-state index in [0.717, 1.165) is 17.0 Å². The first-order valence-corrected chi connectivity index (χ1v) is 21.4. The van der Waals surface area contributed by atoms with Crippen LogP contribution in [0.3, 0.4) is 0 Å². The lowest BCUT2D eigenvalue weighted by Gasteiger charge is -2.47. The summed E-state index contributed by atoms with van der Waals surface area (Å²) in [6, 6.07) is 10.6. The summed E-state index contributed by atoms with van der Waals surface area (Å²) >= 11 is 0. The fourth-order valence-corrected chi connectivity index (χ4v) is 9.75. The molecule has 1 aromatic carbocycles. The summed E-state index contributed by atoms with van der Waals surface area (Å²) in [7, 11) is 5.25. The number of hydrogen-bond donors (Lipinski definition) is 1. The summed E-state index contributed by atoms with van der Waals surface area (Å²) in [5.74, 6) is -4.22. The van der Waals surface area contributed by atoms with Crippen LogP contribution in [0.2, 0.25) is 0 Å². The molecule has 0 saturated carbocycles. The molecule has 14 nitrogen and oxygen atoms in total. The molecule has 1 aromatic heterocycles. The van der Waals surface area contributed by atoms with Crippen molar-refractivity contribution in [2.45, 2.75) is 154 Å². The van der Waals surface area contributed by atoms with E-state index in [2.05, 4.69) is 5.16 Å². The van der Waals surface area contributed by atoms with Gasteiger partial charge in [0.1, 0.15) is 35.4 Å². The van der Waals surface area contributed by atoms with E-state index < -0.39 is 83.4 Å². The lowest BCUT2D eigenvalue weighted by molar-refractivity contribution is -0.295. The molecule has 3 fully saturated rings. The number of methoxy groups -OCH3 is 1. The standard InChI is InChI=1S/C45H67N3O11/c1-12-35-45(13-2)39(48(43(53)58-45)22-18-17-21-32-24-33(46-59-32)31-19-15-14-16-20-31)28(5)36(49)26(3)25-44(8,54-11)40(29(6)37(50)30(7)41(52)56-35)57-42-38(51)34(47(9)10)23-27(4)55-42/h14-16,19-20,24,26-30,34-35,38-40,42,51H,12-13,17-18,21-23,25H2,1-11H3/t26-,27-,28+,29+,30-,34+,35-,38-,39-,40-,42+,44-,45-/m1/s1. The third kappa shape index (κ3) is 9.62. The molecular formula is C45H67N3O11. The number of aromatic nitrogens is 1. The summed E-state index contributed by atoms with van der Waals surface area (Å²) in [6.45, 7) is 14.5. The van der Waals surface area contributed by atoms with Crippen LogP contribution in [0.25, 0.3) is 11.3 Å². The molecule has 3 saturated heterocycles. The van der Waals surface area contributed by atoms with Gasteiger partial charge in [0, 0.05) is 55.5 Å². The zero-order chi connectivity index (χ0) is 43.4. The Morgan fingerprint density at radius 2 is 1.68 bits per heavy atom. The highest BCUT2D eigenvalue weighted by atomic mass is 16.7. The van der Waals surface area contributed by atoms with Crippen molar-refractivity contribution in [3.8, 4) is 11.3 Å². The van der Waals surface area contributed by atoms with Crippen molar-refractivity contribution in [2.24, 2.45) is 23.7 Å². The predicted molar refractivity (Wildman–Crippen MR) is 219 cm³/mol. The summed E-state index contributed by atoms with van der Waals surface area (Å²) in [6.07, 6.45) is -1.95. The van der Waals surface area contributed by atoms with Gasteiger partial charge in [-0.1, -0.05) is 70.1 Å². The summed E-state index contributed by atoms with van der Waals surface area (Å²) in [4.78, 5) is 60.8. The average molecular weight is 826 g/mol. The number of carbonyl (C=O) groups is 4. The third-order valence-electron chi connectivity index (χ3n) is 13.2.